The lowest BCUT2D eigenvalue weighted by Crippen LogP contribution is -2.40. The van der Waals surface area contributed by atoms with E-state index >= 15 is 0 Å². The number of carbonyl (C=O) groups excluding carboxylic acids is 1. The molecule has 0 bridgehead atoms. The summed E-state index contributed by atoms with van der Waals surface area (Å²) in [6, 6.07) is 17.5. The number of piperidine rings is 1. The number of nitrogens with zero attached hydrogens (tertiary/aromatic N) is 3. The Labute approximate surface area is 147 Å². The van der Waals surface area contributed by atoms with Gasteiger partial charge in [0.1, 0.15) is 0 Å². The van der Waals surface area contributed by atoms with Crippen LogP contribution in [0.5, 0.6) is 0 Å². The molecule has 1 fully saturated rings. The van der Waals surface area contributed by atoms with Crippen LogP contribution in [-0.4, -0.2) is 29.6 Å². The Morgan fingerprint density at radius 2 is 1.80 bits per heavy atom. The molecule has 25 heavy (non-hydrogen) atoms. The van der Waals surface area contributed by atoms with Crippen molar-refractivity contribution in [3.63, 3.8) is 0 Å². The predicted molar refractivity (Wildman–Crippen MR) is 97.0 cm³/mol. The highest BCUT2D eigenvalue weighted by atomic mass is 16.2. The monoisotopic (exact) mass is 329 g/mol. The van der Waals surface area contributed by atoms with Crippen LogP contribution in [0.1, 0.15) is 34.3 Å². The van der Waals surface area contributed by atoms with Crippen LogP contribution in [0.3, 0.4) is 0 Å². The number of carbonyl (C=O) groups is 1. The van der Waals surface area contributed by atoms with Gasteiger partial charge in [0.05, 0.1) is 22.9 Å². The predicted octanol–water partition coefficient (Wildman–Crippen LogP) is 3.74. The van der Waals surface area contributed by atoms with Gasteiger partial charge in [-0.2, -0.15) is 5.26 Å². The molecule has 0 spiro atoms. The summed E-state index contributed by atoms with van der Waals surface area (Å²) in [5.74, 6) is 0.412. The molecular weight excluding hydrogens is 310 g/mol. The Bertz CT molecular complexity index is 886. The largest absolute Gasteiger partial charge is 0.339 e. The summed E-state index contributed by atoms with van der Waals surface area (Å²) in [6.07, 6.45) is 2.81. The lowest BCUT2D eigenvalue weighted by molar-refractivity contribution is 0.0709. The molecule has 4 heteroatoms. The number of hydrogen-bond acceptors (Lipinski definition) is 3. The molecule has 0 atom stereocenters. The minimum absolute atomic E-state index is 0.0350. The molecule has 1 saturated heterocycles. The number of amides is 1. The van der Waals surface area contributed by atoms with E-state index in [1.807, 2.05) is 17.0 Å². The van der Waals surface area contributed by atoms with Gasteiger partial charge >= 0.3 is 0 Å². The van der Waals surface area contributed by atoms with Gasteiger partial charge in [-0.1, -0.05) is 30.3 Å². The van der Waals surface area contributed by atoms with E-state index in [9.17, 15) is 10.1 Å². The Kier molecular flexibility index (Phi) is 4.07. The maximum atomic E-state index is 12.7. The first-order valence-corrected chi connectivity index (χ1v) is 8.70. The fourth-order valence-electron chi connectivity index (χ4n) is 3.75. The van der Waals surface area contributed by atoms with Gasteiger partial charge in [0.15, 0.2) is 0 Å². The van der Waals surface area contributed by atoms with E-state index in [1.165, 1.54) is 11.3 Å². The zero-order valence-electron chi connectivity index (χ0n) is 14.0. The third kappa shape index (κ3) is 2.94. The van der Waals surface area contributed by atoms with Gasteiger partial charge in [0, 0.05) is 31.1 Å². The molecule has 0 radical (unpaired) electrons. The number of benzene rings is 2. The average Bonchev–Trinajstić information content (AvgIpc) is 3.12. The van der Waals surface area contributed by atoms with Crippen molar-refractivity contribution in [2.75, 3.05) is 13.1 Å². The Morgan fingerprint density at radius 1 is 1.08 bits per heavy atom. The molecule has 0 unspecified atom stereocenters. The van der Waals surface area contributed by atoms with E-state index in [1.54, 1.807) is 18.2 Å². The van der Waals surface area contributed by atoms with Crippen molar-refractivity contribution in [2.45, 2.75) is 19.3 Å². The van der Waals surface area contributed by atoms with Crippen molar-refractivity contribution < 1.29 is 4.79 Å². The van der Waals surface area contributed by atoms with Crippen LogP contribution in [0.25, 0.3) is 0 Å². The van der Waals surface area contributed by atoms with Crippen LogP contribution < -0.4 is 0 Å². The van der Waals surface area contributed by atoms with Gasteiger partial charge in [0.25, 0.3) is 5.91 Å². The van der Waals surface area contributed by atoms with E-state index in [0.717, 1.165) is 38.0 Å². The van der Waals surface area contributed by atoms with Gasteiger partial charge in [-0.05, 0) is 36.6 Å². The van der Waals surface area contributed by atoms with Gasteiger partial charge in [-0.15, -0.1) is 0 Å². The second-order valence-corrected chi connectivity index (χ2v) is 6.63. The number of rotatable bonds is 2. The van der Waals surface area contributed by atoms with Crippen molar-refractivity contribution in [2.24, 2.45) is 10.9 Å². The number of hydrogen-bond donors (Lipinski definition) is 0. The fourth-order valence-corrected chi connectivity index (χ4v) is 3.75. The Balaban J connectivity index is 1.43. The van der Waals surface area contributed by atoms with Gasteiger partial charge in [-0.3, -0.25) is 9.79 Å². The number of aliphatic imine (C=N–C) groups is 1. The third-order valence-corrected chi connectivity index (χ3v) is 5.16. The maximum Gasteiger partial charge on any atom is 0.255 e. The van der Waals surface area contributed by atoms with E-state index in [0.29, 0.717) is 17.0 Å². The van der Waals surface area contributed by atoms with E-state index in [4.69, 9.17) is 4.99 Å². The summed E-state index contributed by atoms with van der Waals surface area (Å²) >= 11 is 0. The lowest BCUT2D eigenvalue weighted by atomic mass is 9.89. The van der Waals surface area contributed by atoms with Crippen molar-refractivity contribution >= 4 is 17.3 Å². The molecular formula is C21H19N3O. The molecule has 0 aromatic heterocycles. The highest BCUT2D eigenvalue weighted by Gasteiger charge is 2.29. The SMILES string of the molecule is N#Cc1ccccc1C(=O)N1CCC(C2=Nc3ccccc3C2)CC1. The topological polar surface area (TPSA) is 56.5 Å². The van der Waals surface area contributed by atoms with Crippen molar-refractivity contribution in [3.8, 4) is 6.07 Å². The summed E-state index contributed by atoms with van der Waals surface area (Å²) < 4.78 is 0. The third-order valence-electron chi connectivity index (χ3n) is 5.16. The summed E-state index contributed by atoms with van der Waals surface area (Å²) in [6.45, 7) is 1.44. The second-order valence-electron chi connectivity index (χ2n) is 6.63. The molecule has 2 heterocycles. The second kappa shape index (κ2) is 6.52. The molecule has 0 N–H and O–H groups in total. The zero-order chi connectivity index (χ0) is 17.2. The summed E-state index contributed by atoms with van der Waals surface area (Å²) in [7, 11) is 0. The molecule has 0 saturated carbocycles. The average molecular weight is 329 g/mol. The van der Waals surface area contributed by atoms with E-state index in [-0.39, 0.29) is 5.91 Å². The minimum atomic E-state index is -0.0350. The molecule has 4 rings (SSSR count). The van der Waals surface area contributed by atoms with E-state index < -0.39 is 0 Å². The molecule has 2 aromatic rings. The van der Waals surface area contributed by atoms with E-state index in [2.05, 4.69) is 24.3 Å². The molecule has 2 aliphatic rings. The highest BCUT2D eigenvalue weighted by molar-refractivity contribution is 5.98. The fraction of sp³-hybridized carbons (Fsp3) is 0.286. The molecule has 1 amide bonds. The number of nitriles is 1. The summed E-state index contributed by atoms with van der Waals surface area (Å²) in [5, 5.41) is 9.20. The molecule has 0 aliphatic carbocycles. The normalized spacial score (nSPS) is 16.9. The van der Waals surface area contributed by atoms with Crippen molar-refractivity contribution in [1.82, 2.24) is 4.90 Å². The number of likely N-dealkylation sites (tertiary alicyclic amines) is 1. The number of para-hydroxylation sites is 1. The first kappa shape index (κ1) is 15.6. The summed E-state index contributed by atoms with van der Waals surface area (Å²) in [5.41, 5.74) is 4.61. The Morgan fingerprint density at radius 3 is 2.56 bits per heavy atom. The van der Waals surface area contributed by atoms with Gasteiger partial charge in [0.2, 0.25) is 0 Å². The number of fused-ring (bicyclic) bond motifs is 1. The van der Waals surface area contributed by atoms with Crippen LogP contribution in [0, 0.1) is 17.2 Å². The van der Waals surface area contributed by atoms with Crippen LogP contribution in [0.2, 0.25) is 0 Å². The van der Waals surface area contributed by atoms with Gasteiger partial charge < -0.3 is 4.90 Å². The molecule has 2 aromatic carbocycles. The van der Waals surface area contributed by atoms with Gasteiger partial charge in [-0.25, -0.2) is 0 Å². The summed E-state index contributed by atoms with van der Waals surface area (Å²) in [4.78, 5) is 19.4. The van der Waals surface area contributed by atoms with Crippen molar-refractivity contribution in [3.05, 3.63) is 65.2 Å². The first-order chi connectivity index (χ1) is 12.3. The molecule has 124 valence electrons. The van der Waals surface area contributed by atoms with Crippen LogP contribution >= 0.6 is 0 Å². The lowest BCUT2D eigenvalue weighted by Gasteiger charge is -2.32. The van der Waals surface area contributed by atoms with Crippen molar-refractivity contribution in [1.29, 1.82) is 5.26 Å². The minimum Gasteiger partial charge on any atom is -0.339 e. The highest BCUT2D eigenvalue weighted by Crippen LogP contribution is 2.32. The standard InChI is InChI=1S/C21H19N3O/c22-14-17-6-1-3-7-18(17)21(25)24-11-9-15(10-12-24)20-13-16-5-2-4-8-19(16)23-20/h1-8,15H,9-13H2. The van der Waals surface area contributed by atoms with Crippen LogP contribution in [0.4, 0.5) is 5.69 Å². The Hall–Kier alpha value is -2.93. The van der Waals surface area contributed by atoms with Crippen LogP contribution in [-0.2, 0) is 6.42 Å². The first-order valence-electron chi connectivity index (χ1n) is 8.70. The molecule has 4 nitrogen and oxygen atoms in total. The smallest absolute Gasteiger partial charge is 0.255 e. The quantitative estimate of drug-likeness (QED) is 0.843. The zero-order valence-corrected chi connectivity index (χ0v) is 14.0. The maximum absolute atomic E-state index is 12.7. The molecule has 2 aliphatic heterocycles. The van der Waals surface area contributed by atoms with Crippen LogP contribution in [0.15, 0.2) is 53.5 Å².